The molecule has 5 N–H and O–H groups in total. The number of nitrogen functional groups attached to an aromatic ring is 1. The second kappa shape index (κ2) is 14.2. The van der Waals surface area contributed by atoms with Crippen LogP contribution < -0.4 is 21.2 Å². The molecule has 1 amide bonds. The zero-order valence-electron chi connectivity index (χ0n) is 27.2. The number of piperidine rings is 1. The first-order valence-electron chi connectivity index (χ1n) is 15.7. The van der Waals surface area contributed by atoms with Crippen LogP contribution in [0.4, 0.5) is 16.0 Å². The van der Waals surface area contributed by atoms with E-state index in [9.17, 15) is 10.1 Å². The fourth-order valence-electron chi connectivity index (χ4n) is 6.09. The summed E-state index contributed by atoms with van der Waals surface area (Å²) in [6, 6.07) is 16.1. The summed E-state index contributed by atoms with van der Waals surface area (Å²) in [5, 5.41) is 20.0. The Hall–Kier alpha value is -4.99. The van der Waals surface area contributed by atoms with Crippen molar-refractivity contribution in [3.63, 3.8) is 0 Å². The van der Waals surface area contributed by atoms with Gasteiger partial charge in [0.25, 0.3) is 5.91 Å². The molecule has 0 bridgehead atoms. The molecule has 2 atom stereocenters. The van der Waals surface area contributed by atoms with Crippen molar-refractivity contribution in [2.24, 2.45) is 4.99 Å². The summed E-state index contributed by atoms with van der Waals surface area (Å²) in [5.74, 6) is 0.121. The molecule has 3 aromatic rings. The molecular weight excluding hydrogens is 597 g/mol. The number of nitrogens with two attached hydrogens (primary N) is 2. The highest BCUT2D eigenvalue weighted by Gasteiger charge is 2.33. The topological polar surface area (TPSA) is 158 Å². The summed E-state index contributed by atoms with van der Waals surface area (Å²) in [6.45, 7) is 10.6. The van der Waals surface area contributed by atoms with Gasteiger partial charge in [0.15, 0.2) is 5.82 Å². The zero-order chi connectivity index (χ0) is 33.7. The monoisotopic (exact) mass is 638 g/mol. The zero-order valence-corrected chi connectivity index (χ0v) is 27.2. The molecule has 5 rings (SSSR count). The summed E-state index contributed by atoms with van der Waals surface area (Å²) in [5.41, 5.74) is 6.78. The lowest BCUT2D eigenvalue weighted by molar-refractivity contribution is -0.126. The van der Waals surface area contributed by atoms with Gasteiger partial charge in [0, 0.05) is 49.0 Å². The van der Waals surface area contributed by atoms with Crippen molar-refractivity contribution in [1.82, 2.24) is 25.1 Å². The van der Waals surface area contributed by atoms with Gasteiger partial charge >= 0.3 is 0 Å². The number of para-hydroxylation sites is 1. The van der Waals surface area contributed by atoms with Gasteiger partial charge in [-0.05, 0) is 70.9 Å². The third-order valence-corrected chi connectivity index (χ3v) is 8.37. The Morgan fingerprint density at radius 2 is 1.89 bits per heavy atom. The number of carbonyl (C=O) groups is 1. The average Bonchev–Trinajstić information content (AvgIpc) is 3.03. The lowest BCUT2D eigenvalue weighted by Gasteiger charge is -2.44. The molecule has 2 aliphatic heterocycles. The van der Waals surface area contributed by atoms with Crippen LogP contribution in [0, 0.1) is 17.1 Å². The summed E-state index contributed by atoms with van der Waals surface area (Å²) in [6.07, 6.45) is 4.28. The van der Waals surface area contributed by atoms with E-state index in [0.717, 1.165) is 13.1 Å². The molecule has 0 saturated carbocycles. The smallest absolute Gasteiger partial charge is 0.264 e. The number of rotatable bonds is 8. The Labute approximate surface area is 274 Å². The van der Waals surface area contributed by atoms with Gasteiger partial charge in [-0.15, -0.1) is 0 Å². The van der Waals surface area contributed by atoms with Crippen LogP contribution in [0.3, 0.4) is 0 Å². The molecule has 3 heterocycles. The lowest BCUT2D eigenvalue weighted by atomic mass is 9.95. The van der Waals surface area contributed by atoms with Crippen molar-refractivity contribution < 1.29 is 19.3 Å². The molecule has 11 nitrogen and oxygen atoms in total. The Morgan fingerprint density at radius 3 is 2.57 bits per heavy atom. The lowest BCUT2D eigenvalue weighted by Crippen LogP contribution is -2.59. The van der Waals surface area contributed by atoms with Crippen molar-refractivity contribution in [2.45, 2.75) is 58.2 Å². The molecule has 1 aromatic heterocycles. The number of carbonyl (C=O) groups excluding carboxylic acids is 1. The van der Waals surface area contributed by atoms with E-state index < -0.39 is 11.4 Å². The Kier molecular flexibility index (Phi) is 10.1. The van der Waals surface area contributed by atoms with E-state index in [1.807, 2.05) is 32.0 Å². The summed E-state index contributed by atoms with van der Waals surface area (Å²) in [7, 11) is 0. The number of halogens is 1. The van der Waals surface area contributed by atoms with Crippen LogP contribution >= 0.6 is 0 Å². The van der Waals surface area contributed by atoms with Crippen molar-refractivity contribution in [1.29, 1.82) is 5.26 Å². The van der Waals surface area contributed by atoms with E-state index in [2.05, 4.69) is 40.1 Å². The van der Waals surface area contributed by atoms with E-state index in [4.69, 9.17) is 20.9 Å². The van der Waals surface area contributed by atoms with E-state index >= 15 is 4.39 Å². The molecule has 0 aliphatic carbocycles. The van der Waals surface area contributed by atoms with Gasteiger partial charge in [0.1, 0.15) is 46.7 Å². The maximum absolute atomic E-state index is 15.4. The van der Waals surface area contributed by atoms with Gasteiger partial charge in [-0.2, -0.15) is 5.26 Å². The van der Waals surface area contributed by atoms with E-state index in [0.29, 0.717) is 48.7 Å². The summed E-state index contributed by atoms with van der Waals surface area (Å²) < 4.78 is 21.1. The fourth-order valence-corrected chi connectivity index (χ4v) is 6.09. The van der Waals surface area contributed by atoms with Crippen LogP contribution in [0.15, 0.2) is 71.5 Å². The SMILES string of the molecule is C[C@@H]1CN(C(C)(C)/C=C(\C#N)C(=O)N2CCCC(=Nc3ncnc(N)c3C(=[NH2+])c3ccc(Oc4ccccc4)cc3F)C2)C[C@H](C)N1. The number of piperazine rings is 1. The normalized spacial score (nSPS) is 20.1. The molecule has 0 spiro atoms. The second-order valence-electron chi connectivity index (χ2n) is 12.6. The Bertz CT molecular complexity index is 1740. The molecule has 2 aliphatic rings. The number of aliphatic imine (C=N–C) groups is 1. The number of nitrogens with one attached hydrogen (secondary N) is 1. The first-order chi connectivity index (χ1) is 22.4. The number of ether oxygens (including phenoxy) is 1. The van der Waals surface area contributed by atoms with Gasteiger partial charge in [-0.3, -0.25) is 15.1 Å². The van der Waals surface area contributed by atoms with Crippen molar-refractivity contribution in [3.05, 3.63) is 83.5 Å². The van der Waals surface area contributed by atoms with Crippen LogP contribution in [0.5, 0.6) is 11.5 Å². The molecule has 0 radical (unpaired) electrons. The van der Waals surface area contributed by atoms with Gasteiger partial charge in [0.2, 0.25) is 5.71 Å². The predicted molar refractivity (Wildman–Crippen MR) is 179 cm³/mol. The number of hydrogen-bond acceptors (Lipinski definition) is 9. The molecular formula is C35H41FN9O2+. The molecule has 0 unspecified atom stereocenters. The predicted octanol–water partition coefficient (Wildman–Crippen LogP) is 3.19. The third kappa shape index (κ3) is 7.88. The van der Waals surface area contributed by atoms with E-state index in [-0.39, 0.29) is 46.5 Å². The van der Waals surface area contributed by atoms with Gasteiger partial charge in [-0.25, -0.2) is 19.4 Å². The summed E-state index contributed by atoms with van der Waals surface area (Å²) >= 11 is 0. The van der Waals surface area contributed by atoms with Gasteiger partial charge in [0.05, 0.1) is 12.1 Å². The van der Waals surface area contributed by atoms with Gasteiger partial charge < -0.3 is 20.7 Å². The van der Waals surface area contributed by atoms with E-state index in [1.54, 1.807) is 29.2 Å². The summed E-state index contributed by atoms with van der Waals surface area (Å²) in [4.78, 5) is 30.7. The minimum Gasteiger partial charge on any atom is -0.457 e. The molecule has 47 heavy (non-hydrogen) atoms. The number of nitrogens with zero attached hydrogens (tertiary/aromatic N) is 6. The number of hydrogen-bond donors (Lipinski definition) is 3. The fraction of sp³-hybridized carbons (Fsp3) is 0.371. The standard InChI is InChI=1S/C35H40FN9O2/c1-22-18-45(19-23(2)42-22)35(3,4)16-24(17-37)34(46)44-14-8-9-25(20-44)43-33-30(32(39)40-21-41-33)31(38)28-13-12-27(15-29(28)36)47-26-10-6-5-7-11-26/h5-7,10-13,15-16,21-23,38,42H,8-9,14,18-20H2,1-4H3,(H2,39,40,41)/p+1/b24-16+,38-31?,43-25?/t22-,23+. The van der Waals surface area contributed by atoms with Gasteiger partial charge in [-0.1, -0.05) is 18.2 Å². The minimum atomic E-state index is -0.615. The number of likely N-dealkylation sites (tertiary alicyclic amines) is 1. The molecule has 2 aromatic carbocycles. The number of benzene rings is 2. The first-order valence-corrected chi connectivity index (χ1v) is 15.7. The molecule has 2 saturated heterocycles. The number of anilines is 1. The first kappa shape index (κ1) is 33.4. The van der Waals surface area contributed by atoms with Crippen LogP contribution in [0.25, 0.3) is 0 Å². The number of aromatic nitrogens is 2. The Morgan fingerprint density at radius 1 is 1.17 bits per heavy atom. The minimum absolute atomic E-state index is 0.0171. The maximum atomic E-state index is 15.4. The van der Waals surface area contributed by atoms with Crippen molar-refractivity contribution in [3.8, 4) is 17.6 Å². The van der Waals surface area contributed by atoms with Crippen LogP contribution in [0.1, 0.15) is 51.7 Å². The van der Waals surface area contributed by atoms with Crippen molar-refractivity contribution >= 4 is 29.0 Å². The maximum Gasteiger partial charge on any atom is 0.264 e. The van der Waals surface area contributed by atoms with Crippen LogP contribution in [0.2, 0.25) is 0 Å². The molecule has 244 valence electrons. The van der Waals surface area contributed by atoms with Crippen LogP contribution in [-0.2, 0) is 4.79 Å². The molecule has 12 heteroatoms. The van der Waals surface area contributed by atoms with Crippen LogP contribution in [-0.4, -0.2) is 80.9 Å². The Balaban J connectivity index is 1.36. The highest BCUT2D eigenvalue weighted by molar-refractivity contribution is 6.14. The number of amides is 1. The second-order valence-corrected chi connectivity index (χ2v) is 12.6. The third-order valence-electron chi connectivity index (χ3n) is 8.37. The van der Waals surface area contributed by atoms with E-state index in [1.165, 1.54) is 18.5 Å². The molecule has 2 fully saturated rings. The average molecular weight is 639 g/mol. The number of nitriles is 1. The quantitative estimate of drug-likeness (QED) is 0.193. The largest absolute Gasteiger partial charge is 0.457 e. The van der Waals surface area contributed by atoms with Crippen molar-refractivity contribution in [2.75, 3.05) is 31.9 Å². The highest BCUT2D eigenvalue weighted by Crippen LogP contribution is 2.29. The highest BCUT2D eigenvalue weighted by atomic mass is 19.1.